The molecule has 1 fully saturated rings. The molecule has 0 radical (unpaired) electrons. The number of hydrogen-bond acceptors (Lipinski definition) is 4. The van der Waals surface area contributed by atoms with Gasteiger partial charge < -0.3 is 5.32 Å². The zero-order valence-corrected chi connectivity index (χ0v) is 15.7. The van der Waals surface area contributed by atoms with E-state index in [1.807, 2.05) is 31.2 Å². The summed E-state index contributed by atoms with van der Waals surface area (Å²) in [6, 6.07) is 8.28. The second-order valence-electron chi connectivity index (χ2n) is 6.33. The van der Waals surface area contributed by atoms with E-state index in [1.54, 1.807) is 23.1 Å². The van der Waals surface area contributed by atoms with Crippen molar-refractivity contribution < 1.29 is 4.79 Å². The lowest BCUT2D eigenvalue weighted by Crippen LogP contribution is -2.34. The summed E-state index contributed by atoms with van der Waals surface area (Å²) in [4.78, 5) is 18.0. The monoisotopic (exact) mass is 360 g/mol. The molecule has 0 bridgehead atoms. The van der Waals surface area contributed by atoms with Crippen LogP contribution in [0.25, 0.3) is 0 Å². The summed E-state index contributed by atoms with van der Waals surface area (Å²) in [6.45, 7) is 2.03. The van der Waals surface area contributed by atoms with Crippen LogP contribution >= 0.6 is 23.1 Å². The number of thioether (sulfide) groups is 1. The van der Waals surface area contributed by atoms with Crippen molar-refractivity contribution in [2.75, 3.05) is 0 Å². The Kier molecular flexibility index (Phi) is 6.32. The minimum Gasteiger partial charge on any atom is -0.349 e. The standard InChI is InChI=1S/C19H24N2OS2/c1-14-20-17(12-23-14)13-24-18-10-8-15(9-11-18)19(22)21-16-6-4-2-3-5-7-16/h8-12,16H,2-7,13H2,1H3,(H,21,22). The van der Waals surface area contributed by atoms with Gasteiger partial charge in [-0.1, -0.05) is 25.7 Å². The normalized spacial score (nSPS) is 15.9. The third-order valence-electron chi connectivity index (χ3n) is 4.36. The molecule has 0 spiro atoms. The molecule has 1 amide bonds. The van der Waals surface area contributed by atoms with Gasteiger partial charge >= 0.3 is 0 Å². The third-order valence-corrected chi connectivity index (χ3v) is 6.23. The molecule has 2 aromatic rings. The van der Waals surface area contributed by atoms with Crippen LogP contribution < -0.4 is 5.32 Å². The molecule has 1 aromatic heterocycles. The van der Waals surface area contributed by atoms with Crippen molar-refractivity contribution in [2.45, 2.75) is 62.1 Å². The van der Waals surface area contributed by atoms with Crippen LogP contribution in [0.2, 0.25) is 0 Å². The first kappa shape index (κ1) is 17.5. The highest BCUT2D eigenvalue weighted by atomic mass is 32.2. The fourth-order valence-electron chi connectivity index (χ4n) is 3.03. The van der Waals surface area contributed by atoms with E-state index in [2.05, 4.69) is 15.7 Å². The molecule has 1 heterocycles. The number of thiazole rings is 1. The summed E-state index contributed by atoms with van der Waals surface area (Å²) in [6.07, 6.45) is 7.31. The average molecular weight is 361 g/mol. The summed E-state index contributed by atoms with van der Waals surface area (Å²) in [7, 11) is 0. The van der Waals surface area contributed by atoms with E-state index in [1.165, 1.54) is 30.6 Å². The number of aromatic nitrogens is 1. The first-order chi connectivity index (χ1) is 11.7. The van der Waals surface area contributed by atoms with Gasteiger partial charge in [-0.25, -0.2) is 4.98 Å². The van der Waals surface area contributed by atoms with E-state index < -0.39 is 0 Å². The number of aryl methyl sites for hydroxylation is 1. The zero-order valence-electron chi connectivity index (χ0n) is 14.1. The summed E-state index contributed by atoms with van der Waals surface area (Å²) in [5.74, 6) is 0.936. The highest BCUT2D eigenvalue weighted by molar-refractivity contribution is 7.98. The van der Waals surface area contributed by atoms with E-state index in [0.29, 0.717) is 6.04 Å². The molecule has 3 rings (SSSR count). The maximum absolute atomic E-state index is 12.4. The Morgan fingerprint density at radius 2 is 1.92 bits per heavy atom. The number of carbonyl (C=O) groups excluding carboxylic acids is 1. The van der Waals surface area contributed by atoms with Gasteiger partial charge in [-0.3, -0.25) is 4.79 Å². The van der Waals surface area contributed by atoms with Gasteiger partial charge in [-0.2, -0.15) is 0 Å². The number of rotatable bonds is 5. The molecule has 128 valence electrons. The van der Waals surface area contributed by atoms with E-state index in [4.69, 9.17) is 0 Å². The minimum absolute atomic E-state index is 0.0635. The maximum atomic E-state index is 12.4. The number of benzene rings is 1. The molecule has 0 aliphatic heterocycles. The molecule has 1 aliphatic rings. The SMILES string of the molecule is Cc1nc(CSc2ccc(C(=O)NC3CCCCCC3)cc2)cs1. The molecule has 3 nitrogen and oxygen atoms in total. The molecule has 0 atom stereocenters. The van der Waals surface area contributed by atoms with Crippen molar-refractivity contribution in [3.63, 3.8) is 0 Å². The summed E-state index contributed by atoms with van der Waals surface area (Å²) in [5.41, 5.74) is 1.88. The van der Waals surface area contributed by atoms with E-state index >= 15 is 0 Å². The van der Waals surface area contributed by atoms with E-state index in [9.17, 15) is 4.79 Å². The molecule has 24 heavy (non-hydrogen) atoms. The molecule has 1 saturated carbocycles. The summed E-state index contributed by atoms with van der Waals surface area (Å²) < 4.78 is 0. The lowest BCUT2D eigenvalue weighted by Gasteiger charge is -2.16. The van der Waals surface area contributed by atoms with Crippen LogP contribution in [0.1, 0.15) is 59.6 Å². The Morgan fingerprint density at radius 1 is 1.21 bits per heavy atom. The van der Waals surface area contributed by atoms with Gasteiger partial charge in [0.25, 0.3) is 5.91 Å². The Morgan fingerprint density at radius 3 is 2.54 bits per heavy atom. The Bertz CT molecular complexity index is 658. The van der Waals surface area contributed by atoms with Crippen LogP contribution in [-0.4, -0.2) is 16.9 Å². The van der Waals surface area contributed by atoms with Crippen LogP contribution in [0.15, 0.2) is 34.5 Å². The average Bonchev–Trinajstić information content (AvgIpc) is 2.84. The van der Waals surface area contributed by atoms with Crippen LogP contribution in [0.5, 0.6) is 0 Å². The molecule has 1 aromatic carbocycles. The fourth-order valence-corrected chi connectivity index (χ4v) is 4.54. The number of carbonyl (C=O) groups is 1. The lowest BCUT2D eigenvalue weighted by atomic mass is 10.1. The number of nitrogens with zero attached hydrogens (tertiary/aromatic N) is 1. The highest BCUT2D eigenvalue weighted by Crippen LogP contribution is 2.24. The Balaban J connectivity index is 1.52. The van der Waals surface area contributed by atoms with Crippen molar-refractivity contribution in [1.82, 2.24) is 10.3 Å². The van der Waals surface area contributed by atoms with Gasteiger partial charge in [0.2, 0.25) is 0 Å². The van der Waals surface area contributed by atoms with Gasteiger partial charge in [0.15, 0.2) is 0 Å². The first-order valence-corrected chi connectivity index (χ1v) is 10.5. The molecule has 5 heteroatoms. The first-order valence-electron chi connectivity index (χ1n) is 8.65. The van der Waals surface area contributed by atoms with Crippen LogP contribution in [0.4, 0.5) is 0 Å². The van der Waals surface area contributed by atoms with E-state index in [0.717, 1.165) is 34.9 Å². The maximum Gasteiger partial charge on any atom is 0.251 e. The molecule has 0 saturated heterocycles. The summed E-state index contributed by atoms with van der Waals surface area (Å²) in [5, 5.41) is 6.42. The van der Waals surface area contributed by atoms with Crippen molar-refractivity contribution in [3.05, 3.63) is 45.9 Å². The van der Waals surface area contributed by atoms with Crippen molar-refractivity contribution in [2.24, 2.45) is 0 Å². The third kappa shape index (κ3) is 5.08. The Hall–Kier alpha value is -1.33. The number of amides is 1. The quantitative estimate of drug-likeness (QED) is 0.589. The molecular formula is C19H24N2OS2. The minimum atomic E-state index is 0.0635. The topological polar surface area (TPSA) is 42.0 Å². The largest absolute Gasteiger partial charge is 0.349 e. The Labute approximate surface area is 152 Å². The number of hydrogen-bond donors (Lipinski definition) is 1. The predicted octanol–water partition coefficient (Wildman–Crippen LogP) is 5.20. The summed E-state index contributed by atoms with van der Waals surface area (Å²) >= 11 is 3.44. The van der Waals surface area contributed by atoms with Gasteiger partial charge in [0.1, 0.15) is 0 Å². The van der Waals surface area contributed by atoms with Crippen LogP contribution in [0, 0.1) is 6.92 Å². The number of nitrogens with one attached hydrogen (secondary N) is 1. The van der Waals surface area contributed by atoms with Gasteiger partial charge in [-0.05, 0) is 44.0 Å². The van der Waals surface area contributed by atoms with E-state index in [-0.39, 0.29) is 5.91 Å². The second-order valence-corrected chi connectivity index (χ2v) is 8.44. The van der Waals surface area contributed by atoms with Gasteiger partial charge in [0, 0.05) is 27.6 Å². The molecule has 1 N–H and O–H groups in total. The lowest BCUT2D eigenvalue weighted by molar-refractivity contribution is 0.0933. The molecule has 0 unspecified atom stereocenters. The van der Waals surface area contributed by atoms with Crippen LogP contribution in [-0.2, 0) is 5.75 Å². The van der Waals surface area contributed by atoms with Crippen molar-refractivity contribution in [3.8, 4) is 0 Å². The zero-order chi connectivity index (χ0) is 16.8. The smallest absolute Gasteiger partial charge is 0.251 e. The van der Waals surface area contributed by atoms with Gasteiger partial charge in [-0.15, -0.1) is 23.1 Å². The highest BCUT2D eigenvalue weighted by Gasteiger charge is 2.15. The predicted molar refractivity (Wildman–Crippen MR) is 102 cm³/mol. The van der Waals surface area contributed by atoms with Crippen molar-refractivity contribution >= 4 is 29.0 Å². The fraction of sp³-hybridized carbons (Fsp3) is 0.474. The second kappa shape index (κ2) is 8.67. The molecular weight excluding hydrogens is 336 g/mol. The van der Waals surface area contributed by atoms with Crippen LogP contribution in [0.3, 0.4) is 0 Å². The molecule has 1 aliphatic carbocycles. The van der Waals surface area contributed by atoms with Gasteiger partial charge in [0.05, 0.1) is 10.7 Å². The van der Waals surface area contributed by atoms with Crippen molar-refractivity contribution in [1.29, 1.82) is 0 Å².